The molecule has 1 atom stereocenters. The number of carbonyl (C=O) groups excluding carboxylic acids is 2. The Balaban J connectivity index is 1.76. The van der Waals surface area contributed by atoms with E-state index in [0.717, 1.165) is 15.2 Å². The average Bonchev–Trinajstić information content (AvgIpc) is 3.04. The van der Waals surface area contributed by atoms with Crippen LogP contribution in [0, 0.1) is 12.8 Å². The van der Waals surface area contributed by atoms with Gasteiger partial charge in [0.1, 0.15) is 11.8 Å². The van der Waals surface area contributed by atoms with Crippen LogP contribution in [0.3, 0.4) is 0 Å². The van der Waals surface area contributed by atoms with E-state index >= 15 is 0 Å². The first-order valence-electron chi connectivity index (χ1n) is 9.01. The molecule has 1 aromatic heterocycles. The molecule has 28 heavy (non-hydrogen) atoms. The highest BCUT2D eigenvalue weighted by Gasteiger charge is 2.26. The number of rotatable bonds is 6. The molecule has 1 heterocycles. The zero-order chi connectivity index (χ0) is 20.3. The summed E-state index contributed by atoms with van der Waals surface area (Å²) in [6.45, 7) is 5.73. The third-order valence-corrected chi connectivity index (χ3v) is 5.28. The van der Waals surface area contributed by atoms with Crippen molar-refractivity contribution in [3.05, 3.63) is 53.0 Å². The molecule has 2 amide bonds. The molecule has 6 nitrogen and oxygen atoms in total. The summed E-state index contributed by atoms with van der Waals surface area (Å²) in [5.41, 5.74) is 1.98. The van der Waals surface area contributed by atoms with Crippen molar-refractivity contribution in [1.29, 1.82) is 0 Å². The molecule has 0 unspecified atom stereocenters. The number of fused-ring (bicyclic) bond motifs is 1. The molecule has 0 bridgehead atoms. The molecule has 2 N–H and O–H groups in total. The molecule has 0 radical (unpaired) electrons. The first-order valence-corrected chi connectivity index (χ1v) is 9.82. The van der Waals surface area contributed by atoms with Gasteiger partial charge in [-0.1, -0.05) is 26.0 Å². The molecule has 0 fully saturated rings. The highest BCUT2D eigenvalue weighted by molar-refractivity contribution is 7.18. The Morgan fingerprint density at radius 2 is 1.89 bits per heavy atom. The Labute approximate surface area is 167 Å². The normalized spacial score (nSPS) is 12.0. The lowest BCUT2D eigenvalue weighted by molar-refractivity contribution is -0.118. The molecule has 7 heteroatoms. The summed E-state index contributed by atoms with van der Waals surface area (Å²) in [5.74, 6) is -0.236. The number of thiazole rings is 1. The molecule has 0 aliphatic rings. The van der Waals surface area contributed by atoms with E-state index in [9.17, 15) is 9.59 Å². The van der Waals surface area contributed by atoms with E-state index in [1.54, 1.807) is 35.6 Å². The second kappa shape index (κ2) is 8.39. The standard InChI is InChI=1S/C21H23N3O3S/c1-12(2)19(24-20(25)15-7-5-6-8-17(15)27-4)21(26)23-14-9-10-16-18(11-14)28-13(3)22-16/h5-12,19H,1-4H3,(H,23,26)(H,24,25)/t19-/m0/s1. The summed E-state index contributed by atoms with van der Waals surface area (Å²) < 4.78 is 6.25. The zero-order valence-corrected chi connectivity index (χ0v) is 17.1. The number of hydrogen-bond donors (Lipinski definition) is 2. The number of aryl methyl sites for hydroxylation is 1. The van der Waals surface area contributed by atoms with Gasteiger partial charge >= 0.3 is 0 Å². The van der Waals surface area contributed by atoms with Crippen LogP contribution in [-0.2, 0) is 4.79 Å². The molecular formula is C21H23N3O3S. The Bertz CT molecular complexity index is 1010. The van der Waals surface area contributed by atoms with E-state index in [4.69, 9.17) is 4.74 Å². The van der Waals surface area contributed by atoms with Crippen LogP contribution in [-0.4, -0.2) is 29.9 Å². The number of hydrogen-bond acceptors (Lipinski definition) is 5. The minimum Gasteiger partial charge on any atom is -0.496 e. The minimum absolute atomic E-state index is 0.0898. The molecule has 0 aliphatic heterocycles. The topological polar surface area (TPSA) is 80.3 Å². The van der Waals surface area contributed by atoms with Gasteiger partial charge < -0.3 is 15.4 Å². The summed E-state index contributed by atoms with van der Waals surface area (Å²) in [7, 11) is 1.51. The van der Waals surface area contributed by atoms with Crippen LogP contribution < -0.4 is 15.4 Å². The summed E-state index contributed by atoms with van der Waals surface area (Å²) in [6.07, 6.45) is 0. The van der Waals surface area contributed by atoms with Crippen molar-refractivity contribution in [1.82, 2.24) is 10.3 Å². The Morgan fingerprint density at radius 3 is 2.61 bits per heavy atom. The van der Waals surface area contributed by atoms with Gasteiger partial charge in [-0.15, -0.1) is 11.3 Å². The lowest BCUT2D eigenvalue weighted by atomic mass is 10.0. The summed E-state index contributed by atoms with van der Waals surface area (Å²) in [5, 5.41) is 6.71. The smallest absolute Gasteiger partial charge is 0.255 e. The summed E-state index contributed by atoms with van der Waals surface area (Å²) in [4.78, 5) is 30.0. The van der Waals surface area contributed by atoms with Crippen molar-refractivity contribution in [2.75, 3.05) is 12.4 Å². The fourth-order valence-electron chi connectivity index (χ4n) is 2.92. The molecule has 0 saturated heterocycles. The van der Waals surface area contributed by atoms with Crippen molar-refractivity contribution < 1.29 is 14.3 Å². The first-order chi connectivity index (χ1) is 13.4. The summed E-state index contributed by atoms with van der Waals surface area (Å²) >= 11 is 1.57. The van der Waals surface area contributed by atoms with Crippen LogP contribution in [0.4, 0.5) is 5.69 Å². The van der Waals surface area contributed by atoms with E-state index in [1.807, 2.05) is 39.0 Å². The molecule has 2 aromatic carbocycles. The lowest BCUT2D eigenvalue weighted by Crippen LogP contribution is -2.47. The largest absolute Gasteiger partial charge is 0.496 e. The fraction of sp³-hybridized carbons (Fsp3) is 0.286. The van der Waals surface area contributed by atoms with Gasteiger partial charge in [0.2, 0.25) is 5.91 Å². The maximum absolute atomic E-state index is 12.8. The number of amides is 2. The van der Waals surface area contributed by atoms with E-state index in [0.29, 0.717) is 17.0 Å². The van der Waals surface area contributed by atoms with Gasteiger partial charge in [0.25, 0.3) is 5.91 Å². The van der Waals surface area contributed by atoms with Gasteiger partial charge in [0.15, 0.2) is 0 Å². The number of nitrogens with one attached hydrogen (secondary N) is 2. The van der Waals surface area contributed by atoms with Gasteiger partial charge in [-0.2, -0.15) is 0 Å². The molecule has 0 saturated carbocycles. The Morgan fingerprint density at radius 1 is 1.14 bits per heavy atom. The molecule has 0 aliphatic carbocycles. The van der Waals surface area contributed by atoms with Gasteiger partial charge in [-0.3, -0.25) is 9.59 Å². The molecular weight excluding hydrogens is 374 g/mol. The Kier molecular flexibility index (Phi) is 5.94. The number of ether oxygens (including phenoxy) is 1. The van der Waals surface area contributed by atoms with Crippen molar-refractivity contribution in [3.63, 3.8) is 0 Å². The van der Waals surface area contributed by atoms with Crippen LogP contribution in [0.1, 0.15) is 29.2 Å². The number of methoxy groups -OCH3 is 1. The first kappa shape index (κ1) is 19.8. The van der Waals surface area contributed by atoms with Crippen LogP contribution in [0.2, 0.25) is 0 Å². The van der Waals surface area contributed by atoms with Crippen LogP contribution in [0.15, 0.2) is 42.5 Å². The third kappa shape index (κ3) is 4.31. The molecule has 0 spiro atoms. The van der Waals surface area contributed by atoms with Crippen LogP contribution >= 0.6 is 11.3 Å². The van der Waals surface area contributed by atoms with E-state index in [-0.39, 0.29) is 17.7 Å². The quantitative estimate of drug-likeness (QED) is 0.659. The lowest BCUT2D eigenvalue weighted by Gasteiger charge is -2.22. The second-order valence-corrected chi connectivity index (χ2v) is 8.03. The molecule has 3 rings (SSSR count). The molecule has 146 valence electrons. The maximum Gasteiger partial charge on any atom is 0.255 e. The zero-order valence-electron chi connectivity index (χ0n) is 16.3. The van der Waals surface area contributed by atoms with Gasteiger partial charge in [0.05, 0.1) is 27.9 Å². The number of carbonyl (C=O) groups is 2. The number of aromatic nitrogens is 1. The van der Waals surface area contributed by atoms with Crippen LogP contribution in [0.5, 0.6) is 5.75 Å². The van der Waals surface area contributed by atoms with Crippen molar-refractivity contribution >= 4 is 39.1 Å². The number of nitrogens with zero attached hydrogens (tertiary/aromatic N) is 1. The second-order valence-electron chi connectivity index (χ2n) is 6.80. The SMILES string of the molecule is COc1ccccc1C(=O)N[C@H](C(=O)Nc1ccc2nc(C)sc2c1)C(C)C. The fourth-order valence-corrected chi connectivity index (χ4v) is 3.79. The number of anilines is 1. The van der Waals surface area contributed by atoms with Crippen molar-refractivity contribution in [3.8, 4) is 5.75 Å². The minimum atomic E-state index is -0.684. The van der Waals surface area contributed by atoms with Gasteiger partial charge in [-0.25, -0.2) is 4.98 Å². The third-order valence-electron chi connectivity index (χ3n) is 4.35. The van der Waals surface area contributed by atoms with Gasteiger partial charge in [-0.05, 0) is 43.2 Å². The highest BCUT2D eigenvalue weighted by Crippen LogP contribution is 2.25. The molecule has 3 aromatic rings. The van der Waals surface area contributed by atoms with E-state index < -0.39 is 6.04 Å². The monoisotopic (exact) mass is 397 g/mol. The van der Waals surface area contributed by atoms with E-state index in [1.165, 1.54) is 7.11 Å². The number of benzene rings is 2. The van der Waals surface area contributed by atoms with Crippen LogP contribution in [0.25, 0.3) is 10.2 Å². The van der Waals surface area contributed by atoms with Crippen molar-refractivity contribution in [2.45, 2.75) is 26.8 Å². The predicted molar refractivity (Wildman–Crippen MR) is 112 cm³/mol. The maximum atomic E-state index is 12.8. The average molecular weight is 398 g/mol. The van der Waals surface area contributed by atoms with Crippen molar-refractivity contribution in [2.24, 2.45) is 5.92 Å². The summed E-state index contributed by atoms with van der Waals surface area (Å²) in [6, 6.07) is 11.8. The van der Waals surface area contributed by atoms with E-state index in [2.05, 4.69) is 15.6 Å². The Hall–Kier alpha value is -2.93. The highest BCUT2D eigenvalue weighted by atomic mass is 32.1. The number of para-hydroxylation sites is 1. The van der Waals surface area contributed by atoms with Gasteiger partial charge in [0, 0.05) is 5.69 Å². The predicted octanol–water partition coefficient (Wildman–Crippen LogP) is 4.01.